The standard InChI is InChI=1S/C21H30N4O2S2/c1-2-24(16-8-4-3-5-9-16)19(26)15-29-21-23-22-20(18-11-7-13-28-18)25(21)14-17-10-6-12-27-17/h7,11,13,16-17H,2-6,8-10,12,14-15H2,1H3. The lowest BCUT2D eigenvalue weighted by atomic mass is 9.94. The number of carbonyl (C=O) groups is 1. The molecule has 0 N–H and O–H groups in total. The SMILES string of the molecule is CCN(C(=O)CSc1nnc(-c2cccs2)n1CC1CCCO1)C1CCCCC1. The Hall–Kier alpha value is -1.38. The Kier molecular flexibility index (Phi) is 7.26. The molecule has 2 aromatic rings. The Bertz CT molecular complexity index is 781. The summed E-state index contributed by atoms with van der Waals surface area (Å²) in [5, 5.41) is 11.8. The van der Waals surface area contributed by atoms with Gasteiger partial charge in [0.2, 0.25) is 5.91 Å². The van der Waals surface area contributed by atoms with Gasteiger partial charge in [-0.05, 0) is 44.1 Å². The average Bonchev–Trinajstić information content (AvgIpc) is 3.51. The molecular weight excluding hydrogens is 404 g/mol. The fraction of sp³-hybridized carbons (Fsp3) is 0.667. The van der Waals surface area contributed by atoms with Crippen molar-refractivity contribution in [1.82, 2.24) is 19.7 Å². The molecule has 4 rings (SSSR count). The van der Waals surface area contributed by atoms with E-state index in [0.717, 1.165) is 61.2 Å². The number of thioether (sulfide) groups is 1. The van der Waals surface area contributed by atoms with Gasteiger partial charge in [0.25, 0.3) is 0 Å². The first kappa shape index (κ1) is 20.9. The zero-order chi connectivity index (χ0) is 20.1. The minimum atomic E-state index is 0.203. The fourth-order valence-corrected chi connectivity index (χ4v) is 5.93. The van der Waals surface area contributed by atoms with Gasteiger partial charge in [-0.25, -0.2) is 0 Å². The molecule has 0 bridgehead atoms. The Morgan fingerprint density at radius 2 is 2.14 bits per heavy atom. The quantitative estimate of drug-likeness (QED) is 0.574. The van der Waals surface area contributed by atoms with Gasteiger partial charge in [0.1, 0.15) is 0 Å². The van der Waals surface area contributed by atoms with E-state index in [4.69, 9.17) is 4.74 Å². The predicted molar refractivity (Wildman–Crippen MR) is 117 cm³/mol. The number of hydrogen-bond acceptors (Lipinski definition) is 6. The van der Waals surface area contributed by atoms with Gasteiger partial charge in [-0.1, -0.05) is 37.1 Å². The third-order valence-electron chi connectivity index (χ3n) is 5.87. The number of rotatable bonds is 8. The smallest absolute Gasteiger partial charge is 0.233 e. The van der Waals surface area contributed by atoms with Crippen molar-refractivity contribution >= 4 is 29.0 Å². The van der Waals surface area contributed by atoms with Gasteiger partial charge in [-0.2, -0.15) is 0 Å². The summed E-state index contributed by atoms with van der Waals surface area (Å²) >= 11 is 3.18. The Labute approximate surface area is 181 Å². The number of hydrogen-bond donors (Lipinski definition) is 0. The van der Waals surface area contributed by atoms with E-state index in [1.165, 1.54) is 31.0 Å². The van der Waals surface area contributed by atoms with Crippen LogP contribution >= 0.6 is 23.1 Å². The van der Waals surface area contributed by atoms with Gasteiger partial charge in [0, 0.05) is 19.2 Å². The molecule has 0 radical (unpaired) electrons. The Morgan fingerprint density at radius 3 is 2.83 bits per heavy atom. The first-order chi connectivity index (χ1) is 14.3. The van der Waals surface area contributed by atoms with Gasteiger partial charge < -0.3 is 9.64 Å². The van der Waals surface area contributed by atoms with Gasteiger partial charge in [0.15, 0.2) is 11.0 Å². The first-order valence-corrected chi connectivity index (χ1v) is 12.6. The van der Waals surface area contributed by atoms with Crippen LogP contribution in [0.25, 0.3) is 10.7 Å². The third kappa shape index (κ3) is 5.03. The van der Waals surface area contributed by atoms with Gasteiger partial charge in [-0.15, -0.1) is 21.5 Å². The van der Waals surface area contributed by atoms with Crippen molar-refractivity contribution < 1.29 is 9.53 Å². The summed E-state index contributed by atoms with van der Waals surface area (Å²) in [6, 6.07) is 4.51. The van der Waals surface area contributed by atoms with Crippen LogP contribution in [0.5, 0.6) is 0 Å². The second kappa shape index (κ2) is 10.1. The normalized spacial score (nSPS) is 20.2. The van der Waals surface area contributed by atoms with Crippen LogP contribution in [0.1, 0.15) is 51.9 Å². The molecule has 1 unspecified atom stereocenters. The number of thiophene rings is 1. The monoisotopic (exact) mass is 434 g/mol. The minimum absolute atomic E-state index is 0.203. The molecule has 3 heterocycles. The Morgan fingerprint density at radius 1 is 1.28 bits per heavy atom. The maximum absolute atomic E-state index is 13.0. The topological polar surface area (TPSA) is 60.2 Å². The fourth-order valence-electron chi connectivity index (χ4n) is 4.38. The summed E-state index contributed by atoms with van der Waals surface area (Å²) in [4.78, 5) is 16.1. The first-order valence-electron chi connectivity index (χ1n) is 10.8. The molecule has 1 aliphatic carbocycles. The molecule has 29 heavy (non-hydrogen) atoms. The molecule has 1 saturated heterocycles. The maximum atomic E-state index is 13.0. The molecule has 0 spiro atoms. The molecule has 2 aliphatic rings. The molecule has 6 nitrogen and oxygen atoms in total. The lowest BCUT2D eigenvalue weighted by Gasteiger charge is -2.33. The van der Waals surface area contributed by atoms with Crippen molar-refractivity contribution in [3.63, 3.8) is 0 Å². The van der Waals surface area contributed by atoms with E-state index in [1.807, 2.05) is 6.07 Å². The van der Waals surface area contributed by atoms with Crippen LogP contribution in [0.15, 0.2) is 22.7 Å². The van der Waals surface area contributed by atoms with Crippen LogP contribution in [0.4, 0.5) is 0 Å². The average molecular weight is 435 g/mol. The number of aromatic nitrogens is 3. The van der Waals surface area contributed by atoms with Crippen LogP contribution < -0.4 is 0 Å². The highest BCUT2D eigenvalue weighted by molar-refractivity contribution is 7.99. The third-order valence-corrected chi connectivity index (χ3v) is 7.69. The summed E-state index contributed by atoms with van der Waals surface area (Å²) in [6.45, 7) is 4.45. The van der Waals surface area contributed by atoms with Crippen LogP contribution in [-0.2, 0) is 16.1 Å². The van der Waals surface area contributed by atoms with Gasteiger partial charge in [-0.3, -0.25) is 9.36 Å². The summed E-state index contributed by atoms with van der Waals surface area (Å²) in [5.41, 5.74) is 0. The minimum Gasteiger partial charge on any atom is -0.376 e. The van der Waals surface area contributed by atoms with E-state index in [1.54, 1.807) is 11.3 Å². The number of ether oxygens (including phenoxy) is 1. The van der Waals surface area contributed by atoms with E-state index in [-0.39, 0.29) is 12.0 Å². The molecule has 0 aromatic carbocycles. The van der Waals surface area contributed by atoms with Crippen molar-refractivity contribution in [3.8, 4) is 10.7 Å². The highest BCUT2D eigenvalue weighted by Crippen LogP contribution is 2.30. The lowest BCUT2D eigenvalue weighted by molar-refractivity contribution is -0.131. The second-order valence-corrected chi connectivity index (χ2v) is 9.68. The summed E-state index contributed by atoms with van der Waals surface area (Å²) in [7, 11) is 0. The van der Waals surface area contributed by atoms with Gasteiger partial charge in [0.05, 0.1) is 23.3 Å². The second-order valence-electron chi connectivity index (χ2n) is 7.79. The van der Waals surface area contributed by atoms with E-state index in [9.17, 15) is 4.79 Å². The van der Waals surface area contributed by atoms with Crippen LogP contribution in [-0.4, -0.2) is 56.6 Å². The van der Waals surface area contributed by atoms with E-state index in [0.29, 0.717) is 11.8 Å². The van der Waals surface area contributed by atoms with E-state index >= 15 is 0 Å². The van der Waals surface area contributed by atoms with Crippen molar-refractivity contribution in [2.45, 2.75) is 75.7 Å². The maximum Gasteiger partial charge on any atom is 0.233 e. The van der Waals surface area contributed by atoms with Gasteiger partial charge >= 0.3 is 0 Å². The summed E-state index contributed by atoms with van der Waals surface area (Å²) < 4.78 is 8.01. The van der Waals surface area contributed by atoms with Crippen LogP contribution in [0.3, 0.4) is 0 Å². The molecular formula is C21H30N4O2S2. The van der Waals surface area contributed by atoms with E-state index < -0.39 is 0 Å². The zero-order valence-electron chi connectivity index (χ0n) is 17.1. The molecule has 1 aliphatic heterocycles. The van der Waals surface area contributed by atoms with Crippen molar-refractivity contribution in [2.75, 3.05) is 18.9 Å². The molecule has 1 atom stereocenters. The zero-order valence-corrected chi connectivity index (χ0v) is 18.7. The largest absolute Gasteiger partial charge is 0.376 e. The van der Waals surface area contributed by atoms with Crippen LogP contribution in [0.2, 0.25) is 0 Å². The Balaban J connectivity index is 1.46. The molecule has 2 fully saturated rings. The molecule has 8 heteroatoms. The number of amides is 1. The molecule has 1 saturated carbocycles. The molecule has 1 amide bonds. The van der Waals surface area contributed by atoms with Crippen molar-refractivity contribution in [2.24, 2.45) is 0 Å². The lowest BCUT2D eigenvalue weighted by Crippen LogP contribution is -2.42. The van der Waals surface area contributed by atoms with Crippen LogP contribution in [0, 0.1) is 0 Å². The van der Waals surface area contributed by atoms with Crippen molar-refractivity contribution in [3.05, 3.63) is 17.5 Å². The summed E-state index contributed by atoms with van der Waals surface area (Å²) in [5.74, 6) is 1.51. The molecule has 158 valence electrons. The number of carbonyl (C=O) groups excluding carboxylic acids is 1. The summed E-state index contributed by atoms with van der Waals surface area (Å²) in [6.07, 6.45) is 8.43. The predicted octanol–water partition coefficient (Wildman–Crippen LogP) is 4.46. The highest BCUT2D eigenvalue weighted by atomic mass is 32.2. The van der Waals surface area contributed by atoms with E-state index in [2.05, 4.69) is 38.0 Å². The molecule has 2 aromatic heterocycles. The van der Waals surface area contributed by atoms with Crippen molar-refractivity contribution in [1.29, 1.82) is 0 Å². The number of nitrogens with zero attached hydrogens (tertiary/aromatic N) is 4. The highest BCUT2D eigenvalue weighted by Gasteiger charge is 2.26.